The number of amides is 1. The van der Waals surface area contributed by atoms with E-state index in [1.54, 1.807) is 24.3 Å². The first-order valence-electron chi connectivity index (χ1n) is 9.82. The molecule has 1 atom stereocenters. The molecule has 2 aromatic carbocycles. The standard InChI is InChI=1S/C22H26N2O5S/c1-16-8-3-4-9-18(16)15-30(27,28)24-13-7-10-17(14-24)21(25)23-20-12-6-5-11-19(20)22(26)29-2/h3-6,8-9,11-12,17H,7,10,13-15H2,1-2H3,(H,23,25)/t17-/m1/s1. The van der Waals surface area contributed by atoms with Crippen molar-refractivity contribution in [3.63, 3.8) is 0 Å². The van der Waals surface area contributed by atoms with Crippen molar-refractivity contribution in [3.8, 4) is 0 Å². The molecule has 1 fully saturated rings. The number of anilines is 1. The van der Waals surface area contributed by atoms with Crippen LogP contribution in [0, 0.1) is 12.8 Å². The number of hydrogen-bond acceptors (Lipinski definition) is 5. The number of nitrogens with one attached hydrogen (secondary N) is 1. The van der Waals surface area contributed by atoms with Gasteiger partial charge in [0.15, 0.2) is 0 Å². The van der Waals surface area contributed by atoms with Gasteiger partial charge >= 0.3 is 5.97 Å². The van der Waals surface area contributed by atoms with Gasteiger partial charge in [-0.2, -0.15) is 0 Å². The minimum atomic E-state index is -3.54. The number of rotatable bonds is 6. The molecule has 0 aromatic heterocycles. The Labute approximate surface area is 177 Å². The maximum Gasteiger partial charge on any atom is 0.339 e. The number of carbonyl (C=O) groups excluding carboxylic acids is 2. The molecule has 30 heavy (non-hydrogen) atoms. The Kier molecular flexibility index (Phi) is 6.89. The number of ether oxygens (including phenoxy) is 1. The van der Waals surface area contributed by atoms with Gasteiger partial charge in [0, 0.05) is 13.1 Å². The second-order valence-corrected chi connectivity index (χ2v) is 9.38. The zero-order valence-corrected chi connectivity index (χ0v) is 17.9. The Balaban J connectivity index is 1.71. The third-order valence-corrected chi connectivity index (χ3v) is 7.13. The van der Waals surface area contributed by atoms with Crippen LogP contribution in [0.1, 0.15) is 34.3 Å². The van der Waals surface area contributed by atoms with E-state index in [4.69, 9.17) is 4.74 Å². The largest absolute Gasteiger partial charge is 0.465 e. The summed E-state index contributed by atoms with van der Waals surface area (Å²) < 4.78 is 32.1. The highest BCUT2D eigenvalue weighted by molar-refractivity contribution is 7.88. The van der Waals surface area contributed by atoms with E-state index >= 15 is 0 Å². The topological polar surface area (TPSA) is 92.8 Å². The summed E-state index contributed by atoms with van der Waals surface area (Å²) in [6.07, 6.45) is 1.19. The van der Waals surface area contributed by atoms with Gasteiger partial charge in [0.2, 0.25) is 15.9 Å². The van der Waals surface area contributed by atoms with Crippen molar-refractivity contribution in [2.24, 2.45) is 5.92 Å². The first-order valence-corrected chi connectivity index (χ1v) is 11.4. The lowest BCUT2D eigenvalue weighted by Crippen LogP contribution is -2.44. The second kappa shape index (κ2) is 9.40. The summed E-state index contributed by atoms with van der Waals surface area (Å²) in [6, 6.07) is 14.0. The van der Waals surface area contributed by atoms with Crippen molar-refractivity contribution < 1.29 is 22.7 Å². The van der Waals surface area contributed by atoms with Gasteiger partial charge in [-0.3, -0.25) is 4.79 Å². The van der Waals surface area contributed by atoms with Crippen LogP contribution in [0.5, 0.6) is 0 Å². The summed E-state index contributed by atoms with van der Waals surface area (Å²) in [5, 5.41) is 2.77. The molecule has 2 aromatic rings. The normalized spacial score (nSPS) is 17.3. The van der Waals surface area contributed by atoms with E-state index in [-0.39, 0.29) is 23.8 Å². The number of carbonyl (C=O) groups is 2. The minimum Gasteiger partial charge on any atom is -0.465 e. The van der Waals surface area contributed by atoms with Crippen molar-refractivity contribution in [2.75, 3.05) is 25.5 Å². The Morgan fingerprint density at radius 3 is 2.57 bits per heavy atom. The molecule has 8 heteroatoms. The molecule has 1 aliphatic heterocycles. The van der Waals surface area contributed by atoms with E-state index in [0.717, 1.165) is 11.1 Å². The number of methoxy groups -OCH3 is 1. The summed E-state index contributed by atoms with van der Waals surface area (Å²) in [6.45, 7) is 2.41. The molecule has 1 aliphatic rings. The fourth-order valence-electron chi connectivity index (χ4n) is 3.58. The van der Waals surface area contributed by atoms with Crippen molar-refractivity contribution in [1.29, 1.82) is 0 Å². The molecule has 3 rings (SSSR count). The van der Waals surface area contributed by atoms with Gasteiger partial charge in [0.05, 0.1) is 30.0 Å². The summed E-state index contributed by atoms with van der Waals surface area (Å²) >= 11 is 0. The summed E-state index contributed by atoms with van der Waals surface area (Å²) in [7, 11) is -2.27. The highest BCUT2D eigenvalue weighted by atomic mass is 32.2. The van der Waals surface area contributed by atoms with Gasteiger partial charge in [0.1, 0.15) is 0 Å². The van der Waals surface area contributed by atoms with Crippen LogP contribution in [0.2, 0.25) is 0 Å². The third kappa shape index (κ3) is 5.06. The summed E-state index contributed by atoms with van der Waals surface area (Å²) in [4.78, 5) is 24.7. The first kappa shape index (κ1) is 22.0. The quantitative estimate of drug-likeness (QED) is 0.712. The van der Waals surface area contributed by atoms with E-state index in [0.29, 0.717) is 25.1 Å². The molecule has 0 bridgehead atoms. The third-order valence-electron chi connectivity index (χ3n) is 5.34. The number of aryl methyl sites for hydroxylation is 1. The molecule has 1 saturated heterocycles. The zero-order chi connectivity index (χ0) is 21.7. The zero-order valence-electron chi connectivity index (χ0n) is 17.1. The van der Waals surface area contributed by atoms with E-state index in [9.17, 15) is 18.0 Å². The van der Waals surface area contributed by atoms with Gasteiger partial charge in [-0.1, -0.05) is 36.4 Å². The Bertz CT molecular complexity index is 1040. The molecule has 0 spiro atoms. The van der Waals surface area contributed by atoms with Crippen LogP contribution in [-0.2, 0) is 25.3 Å². The van der Waals surface area contributed by atoms with Crippen LogP contribution >= 0.6 is 0 Å². The number of benzene rings is 2. The van der Waals surface area contributed by atoms with Crippen molar-refractivity contribution in [1.82, 2.24) is 4.31 Å². The SMILES string of the molecule is COC(=O)c1ccccc1NC(=O)[C@@H]1CCCN(S(=O)(=O)Cc2ccccc2C)C1. The van der Waals surface area contributed by atoms with Crippen LogP contribution < -0.4 is 5.32 Å². The van der Waals surface area contributed by atoms with E-state index < -0.39 is 21.9 Å². The van der Waals surface area contributed by atoms with E-state index in [2.05, 4.69) is 5.32 Å². The average Bonchev–Trinajstić information content (AvgIpc) is 2.75. The molecular weight excluding hydrogens is 404 g/mol. The highest BCUT2D eigenvalue weighted by Gasteiger charge is 2.33. The van der Waals surface area contributed by atoms with Gasteiger partial charge in [-0.25, -0.2) is 17.5 Å². The highest BCUT2D eigenvalue weighted by Crippen LogP contribution is 2.24. The van der Waals surface area contributed by atoms with Gasteiger partial charge < -0.3 is 10.1 Å². The molecule has 1 heterocycles. The lowest BCUT2D eigenvalue weighted by atomic mass is 9.98. The Morgan fingerprint density at radius 2 is 1.83 bits per heavy atom. The van der Waals surface area contributed by atoms with Crippen LogP contribution in [0.4, 0.5) is 5.69 Å². The molecule has 7 nitrogen and oxygen atoms in total. The number of piperidine rings is 1. The van der Waals surface area contributed by atoms with Gasteiger partial charge in [0.25, 0.3) is 0 Å². The molecule has 1 amide bonds. The van der Waals surface area contributed by atoms with Crippen LogP contribution in [-0.4, -0.2) is 44.8 Å². The van der Waals surface area contributed by atoms with E-state index in [1.807, 2.05) is 31.2 Å². The first-order chi connectivity index (χ1) is 14.3. The second-order valence-electron chi connectivity index (χ2n) is 7.41. The summed E-state index contributed by atoms with van der Waals surface area (Å²) in [5.74, 6) is -1.42. The van der Waals surface area contributed by atoms with Gasteiger partial charge in [-0.15, -0.1) is 0 Å². The number of esters is 1. The van der Waals surface area contributed by atoms with Crippen LogP contribution in [0.15, 0.2) is 48.5 Å². The molecule has 160 valence electrons. The number of para-hydroxylation sites is 1. The number of nitrogens with zero attached hydrogens (tertiary/aromatic N) is 1. The molecule has 0 aliphatic carbocycles. The van der Waals surface area contributed by atoms with Crippen molar-refractivity contribution >= 4 is 27.6 Å². The predicted octanol–water partition coefficient (Wildman–Crippen LogP) is 2.96. The average molecular weight is 431 g/mol. The lowest BCUT2D eigenvalue weighted by molar-refractivity contribution is -0.120. The fourth-order valence-corrected chi connectivity index (χ4v) is 5.30. The maximum atomic E-state index is 12.9. The van der Waals surface area contributed by atoms with Crippen LogP contribution in [0.25, 0.3) is 0 Å². The molecule has 0 saturated carbocycles. The smallest absolute Gasteiger partial charge is 0.339 e. The van der Waals surface area contributed by atoms with E-state index in [1.165, 1.54) is 11.4 Å². The lowest BCUT2D eigenvalue weighted by Gasteiger charge is -2.31. The number of hydrogen-bond donors (Lipinski definition) is 1. The van der Waals surface area contributed by atoms with Crippen molar-refractivity contribution in [3.05, 3.63) is 65.2 Å². The fraction of sp³-hybridized carbons (Fsp3) is 0.364. The molecule has 1 N–H and O–H groups in total. The van der Waals surface area contributed by atoms with Crippen molar-refractivity contribution in [2.45, 2.75) is 25.5 Å². The number of sulfonamides is 1. The molecular formula is C22H26N2O5S. The Hall–Kier alpha value is -2.71. The summed E-state index contributed by atoms with van der Waals surface area (Å²) in [5.41, 5.74) is 2.30. The monoisotopic (exact) mass is 430 g/mol. The molecule has 0 unspecified atom stereocenters. The Morgan fingerprint density at radius 1 is 1.13 bits per heavy atom. The van der Waals surface area contributed by atoms with Crippen LogP contribution in [0.3, 0.4) is 0 Å². The molecule has 0 radical (unpaired) electrons. The maximum absolute atomic E-state index is 12.9. The predicted molar refractivity (Wildman–Crippen MR) is 115 cm³/mol. The van der Waals surface area contributed by atoms with Gasteiger partial charge in [-0.05, 0) is 43.0 Å². The minimum absolute atomic E-state index is 0.0841.